The lowest BCUT2D eigenvalue weighted by Crippen LogP contribution is -2.34. The average Bonchev–Trinajstić information content (AvgIpc) is 2.61. The van der Waals surface area contributed by atoms with E-state index in [0.717, 1.165) is 11.1 Å². The molecule has 26 heavy (non-hydrogen) atoms. The molecule has 0 heterocycles. The van der Waals surface area contributed by atoms with Crippen LogP contribution in [0.3, 0.4) is 0 Å². The number of aryl methyl sites for hydroxylation is 2. The first kappa shape index (κ1) is 19.7. The minimum atomic E-state index is -0.935. The summed E-state index contributed by atoms with van der Waals surface area (Å²) in [5, 5.41) is 2.97. The fourth-order valence-electron chi connectivity index (χ4n) is 2.37. The van der Waals surface area contributed by atoms with Crippen LogP contribution in [0.1, 0.15) is 38.8 Å². The highest BCUT2D eigenvalue weighted by Crippen LogP contribution is 2.14. The smallest absolute Gasteiger partial charge is 0.326 e. The normalized spacial score (nSPS) is 11.5. The molecule has 2 aromatic rings. The maximum absolute atomic E-state index is 12.5. The molecule has 0 unspecified atom stereocenters. The molecule has 2 aromatic carbocycles. The zero-order valence-electron chi connectivity index (χ0n) is 14.8. The lowest BCUT2D eigenvalue weighted by atomic mass is 9.99. The predicted molar refractivity (Wildman–Crippen MR) is 99.6 cm³/mol. The summed E-state index contributed by atoms with van der Waals surface area (Å²) in [7, 11) is 0. The molecule has 1 atom stereocenters. The zero-order valence-corrected chi connectivity index (χ0v) is 15.6. The molecule has 5 nitrogen and oxygen atoms in total. The number of hydrogen-bond acceptors (Lipinski definition) is 4. The Morgan fingerprint density at radius 1 is 1.08 bits per heavy atom. The maximum Gasteiger partial charge on any atom is 0.326 e. The van der Waals surface area contributed by atoms with Crippen LogP contribution in [-0.4, -0.2) is 30.3 Å². The first-order valence-electron chi connectivity index (χ1n) is 8.12. The number of ether oxygens (including phenoxy) is 1. The van der Waals surface area contributed by atoms with Gasteiger partial charge in [-0.2, -0.15) is 0 Å². The molecule has 0 aliphatic heterocycles. The van der Waals surface area contributed by atoms with Crippen molar-refractivity contribution in [3.63, 3.8) is 0 Å². The molecule has 0 aliphatic carbocycles. The Labute approximate surface area is 157 Å². The van der Waals surface area contributed by atoms with Crippen molar-refractivity contribution in [3.8, 4) is 0 Å². The van der Waals surface area contributed by atoms with Crippen LogP contribution in [0, 0.1) is 13.8 Å². The van der Waals surface area contributed by atoms with Gasteiger partial charge >= 0.3 is 5.97 Å². The van der Waals surface area contributed by atoms with Gasteiger partial charge in [0.1, 0.15) is 6.54 Å². The number of esters is 1. The zero-order chi connectivity index (χ0) is 19.3. The number of halogens is 1. The molecule has 0 saturated heterocycles. The summed E-state index contributed by atoms with van der Waals surface area (Å²) in [6.07, 6.45) is -0.935. The lowest BCUT2D eigenvalue weighted by Gasteiger charge is -2.14. The van der Waals surface area contributed by atoms with Crippen molar-refractivity contribution < 1.29 is 19.1 Å². The van der Waals surface area contributed by atoms with E-state index < -0.39 is 18.0 Å². The highest BCUT2D eigenvalue weighted by atomic mass is 35.5. The molecule has 0 spiro atoms. The lowest BCUT2D eigenvalue weighted by molar-refractivity contribution is -0.145. The van der Waals surface area contributed by atoms with E-state index in [0.29, 0.717) is 16.1 Å². The second-order valence-electron chi connectivity index (χ2n) is 6.00. The molecule has 0 radical (unpaired) electrons. The molecule has 2 rings (SSSR count). The largest absolute Gasteiger partial charge is 0.453 e. The van der Waals surface area contributed by atoms with Crippen molar-refractivity contribution in [1.29, 1.82) is 0 Å². The number of carbonyl (C=O) groups is 3. The summed E-state index contributed by atoms with van der Waals surface area (Å²) >= 11 is 5.76. The van der Waals surface area contributed by atoms with Crippen molar-refractivity contribution in [2.45, 2.75) is 26.9 Å². The van der Waals surface area contributed by atoms with Crippen LogP contribution >= 0.6 is 11.6 Å². The van der Waals surface area contributed by atoms with E-state index in [1.807, 2.05) is 26.0 Å². The number of ketones is 1. The summed E-state index contributed by atoms with van der Waals surface area (Å²) in [6.45, 7) is 4.90. The van der Waals surface area contributed by atoms with E-state index >= 15 is 0 Å². The Balaban J connectivity index is 1.90. The first-order valence-corrected chi connectivity index (χ1v) is 8.50. The van der Waals surface area contributed by atoms with E-state index in [9.17, 15) is 14.4 Å². The fraction of sp³-hybridized carbons (Fsp3) is 0.250. The van der Waals surface area contributed by atoms with Gasteiger partial charge < -0.3 is 10.1 Å². The van der Waals surface area contributed by atoms with E-state index in [2.05, 4.69) is 5.32 Å². The second kappa shape index (κ2) is 8.63. The van der Waals surface area contributed by atoms with Gasteiger partial charge in [-0.25, -0.2) is 0 Å². The SMILES string of the molecule is Cc1ccc(C)c(C(=O)[C@@H](C)OC(=O)CNC(=O)c2ccc(Cl)cc2)c1. The van der Waals surface area contributed by atoms with Gasteiger partial charge in [-0.05, 0) is 56.7 Å². The quantitative estimate of drug-likeness (QED) is 0.621. The number of amides is 1. The van der Waals surface area contributed by atoms with Gasteiger partial charge in [0.05, 0.1) is 0 Å². The van der Waals surface area contributed by atoms with E-state index in [1.54, 1.807) is 30.3 Å². The monoisotopic (exact) mass is 373 g/mol. The summed E-state index contributed by atoms with van der Waals surface area (Å²) < 4.78 is 5.14. The van der Waals surface area contributed by atoms with E-state index in [-0.39, 0.29) is 12.3 Å². The predicted octanol–water partition coefficient (Wildman–Crippen LogP) is 3.50. The Bertz CT molecular complexity index is 830. The topological polar surface area (TPSA) is 72.5 Å². The van der Waals surface area contributed by atoms with Crippen LogP contribution in [0.5, 0.6) is 0 Å². The first-order chi connectivity index (χ1) is 12.3. The highest BCUT2D eigenvalue weighted by molar-refractivity contribution is 6.30. The molecule has 136 valence electrons. The molecule has 1 N–H and O–H groups in total. The minimum absolute atomic E-state index is 0.274. The van der Waals surface area contributed by atoms with Crippen LogP contribution < -0.4 is 5.32 Å². The number of rotatable bonds is 6. The Hall–Kier alpha value is -2.66. The number of hydrogen-bond donors (Lipinski definition) is 1. The van der Waals surface area contributed by atoms with Crippen molar-refractivity contribution in [2.24, 2.45) is 0 Å². The third-order valence-electron chi connectivity index (χ3n) is 3.84. The molecule has 0 fully saturated rings. The molecule has 6 heteroatoms. The van der Waals surface area contributed by atoms with Gasteiger partial charge in [0.15, 0.2) is 6.10 Å². The molecular formula is C20H20ClNO4. The summed E-state index contributed by atoms with van der Waals surface area (Å²) in [4.78, 5) is 36.3. The van der Waals surface area contributed by atoms with Gasteiger partial charge in [0.25, 0.3) is 5.91 Å². The van der Waals surface area contributed by atoms with Gasteiger partial charge in [-0.1, -0.05) is 29.3 Å². The van der Waals surface area contributed by atoms with Gasteiger partial charge in [-0.15, -0.1) is 0 Å². The van der Waals surface area contributed by atoms with Gasteiger partial charge in [-0.3, -0.25) is 14.4 Å². The average molecular weight is 374 g/mol. The van der Waals surface area contributed by atoms with Crippen molar-refractivity contribution in [2.75, 3.05) is 6.54 Å². The van der Waals surface area contributed by atoms with Crippen molar-refractivity contribution in [3.05, 3.63) is 69.7 Å². The van der Waals surface area contributed by atoms with Crippen molar-refractivity contribution in [1.82, 2.24) is 5.32 Å². The van der Waals surface area contributed by atoms with Crippen LogP contribution in [0.25, 0.3) is 0 Å². The molecular weight excluding hydrogens is 354 g/mol. The second-order valence-corrected chi connectivity index (χ2v) is 6.44. The number of nitrogens with one attached hydrogen (secondary N) is 1. The minimum Gasteiger partial charge on any atom is -0.453 e. The van der Waals surface area contributed by atoms with Gasteiger partial charge in [0.2, 0.25) is 5.78 Å². The molecule has 1 amide bonds. The summed E-state index contributed by atoms with van der Waals surface area (Å²) in [6, 6.07) is 11.8. The van der Waals surface area contributed by atoms with Crippen molar-refractivity contribution >= 4 is 29.3 Å². The molecule has 0 aliphatic rings. The Kier molecular flexibility index (Phi) is 6.52. The third kappa shape index (κ3) is 5.17. The maximum atomic E-state index is 12.5. The summed E-state index contributed by atoms with van der Waals surface area (Å²) in [5.41, 5.74) is 2.67. The molecule has 0 saturated carbocycles. The standard InChI is InChI=1S/C20H20ClNO4/c1-12-4-5-13(2)17(10-12)19(24)14(3)26-18(23)11-22-20(25)15-6-8-16(21)9-7-15/h4-10,14H,11H2,1-3H3,(H,22,25)/t14-/m1/s1. The third-order valence-corrected chi connectivity index (χ3v) is 4.09. The number of benzene rings is 2. The highest BCUT2D eigenvalue weighted by Gasteiger charge is 2.21. The van der Waals surface area contributed by atoms with E-state index in [1.165, 1.54) is 6.92 Å². The number of Topliss-reactive ketones (excluding diaryl/α,β-unsaturated/α-hetero) is 1. The van der Waals surface area contributed by atoms with Crippen LogP contribution in [0.2, 0.25) is 5.02 Å². The van der Waals surface area contributed by atoms with Crippen LogP contribution in [0.15, 0.2) is 42.5 Å². The number of carbonyl (C=O) groups excluding carboxylic acids is 3. The molecule has 0 bridgehead atoms. The Morgan fingerprint density at radius 2 is 1.73 bits per heavy atom. The van der Waals surface area contributed by atoms with Gasteiger partial charge in [0, 0.05) is 16.1 Å². The fourth-order valence-corrected chi connectivity index (χ4v) is 2.49. The molecule has 0 aromatic heterocycles. The van der Waals surface area contributed by atoms with Crippen LogP contribution in [-0.2, 0) is 9.53 Å². The Morgan fingerprint density at radius 3 is 2.38 bits per heavy atom. The van der Waals surface area contributed by atoms with E-state index in [4.69, 9.17) is 16.3 Å². The summed E-state index contributed by atoms with van der Waals surface area (Å²) in [5.74, 6) is -1.38. The van der Waals surface area contributed by atoms with Crippen LogP contribution in [0.4, 0.5) is 0 Å².